The molecule has 4 aromatic rings. The number of aromatic amines is 2. The summed E-state index contributed by atoms with van der Waals surface area (Å²) in [6.45, 7) is 0. The fourth-order valence-electron chi connectivity index (χ4n) is 2.24. The van der Waals surface area contributed by atoms with E-state index in [4.69, 9.17) is 0 Å². The number of carbonyl (C=O) groups is 1. The van der Waals surface area contributed by atoms with Gasteiger partial charge < -0.3 is 9.97 Å². The zero-order valence-corrected chi connectivity index (χ0v) is 10.4. The van der Waals surface area contributed by atoms with Crippen molar-refractivity contribution in [2.45, 2.75) is 0 Å². The number of fused-ring (bicyclic) bond motifs is 2. The van der Waals surface area contributed by atoms with Gasteiger partial charge in [-0.25, -0.2) is 9.97 Å². The maximum absolute atomic E-state index is 12.4. The highest BCUT2D eigenvalue weighted by molar-refractivity contribution is 6.08. The molecule has 0 saturated carbocycles. The lowest BCUT2D eigenvalue weighted by atomic mass is 10.1. The lowest BCUT2D eigenvalue weighted by molar-refractivity contribution is 0.103. The molecule has 0 aliphatic heterocycles. The molecule has 0 amide bonds. The molecule has 0 bridgehead atoms. The van der Waals surface area contributed by atoms with Crippen LogP contribution in [-0.2, 0) is 0 Å². The van der Waals surface area contributed by atoms with Crippen LogP contribution in [0.15, 0.2) is 48.8 Å². The summed E-state index contributed by atoms with van der Waals surface area (Å²) in [5, 5.41) is 1.96. The van der Waals surface area contributed by atoms with E-state index < -0.39 is 0 Å². The average Bonchev–Trinajstić information content (AvgIpc) is 3.13. The second-order valence-corrected chi connectivity index (χ2v) is 4.55. The highest BCUT2D eigenvalue weighted by Gasteiger charge is 2.13. The third-order valence-corrected chi connectivity index (χ3v) is 3.28. The van der Waals surface area contributed by atoms with E-state index in [9.17, 15) is 4.79 Å². The van der Waals surface area contributed by atoms with E-state index in [0.29, 0.717) is 22.7 Å². The maximum atomic E-state index is 12.4. The van der Waals surface area contributed by atoms with Crippen molar-refractivity contribution < 1.29 is 4.79 Å². The average molecular weight is 262 g/mol. The Bertz CT molecular complexity index is 859. The van der Waals surface area contributed by atoms with Crippen molar-refractivity contribution in [3.05, 3.63) is 60.2 Å². The molecule has 0 atom stereocenters. The van der Waals surface area contributed by atoms with E-state index in [2.05, 4.69) is 19.9 Å². The summed E-state index contributed by atoms with van der Waals surface area (Å²) in [5.41, 5.74) is 2.19. The van der Waals surface area contributed by atoms with Crippen molar-refractivity contribution in [1.82, 2.24) is 19.9 Å². The lowest BCUT2D eigenvalue weighted by Gasteiger charge is -2.00. The number of hydrogen-bond acceptors (Lipinski definition) is 3. The molecule has 2 N–H and O–H groups in total. The van der Waals surface area contributed by atoms with Crippen LogP contribution >= 0.6 is 0 Å². The van der Waals surface area contributed by atoms with E-state index in [1.165, 1.54) is 0 Å². The van der Waals surface area contributed by atoms with Crippen LogP contribution in [-0.4, -0.2) is 25.7 Å². The van der Waals surface area contributed by atoms with Crippen LogP contribution in [0.5, 0.6) is 0 Å². The smallest absolute Gasteiger partial charge is 0.229 e. The fraction of sp³-hybridized carbons (Fsp3) is 0. The normalized spacial score (nSPS) is 11.2. The van der Waals surface area contributed by atoms with Gasteiger partial charge in [0.1, 0.15) is 22.7 Å². The van der Waals surface area contributed by atoms with Gasteiger partial charge >= 0.3 is 0 Å². The van der Waals surface area contributed by atoms with Crippen LogP contribution < -0.4 is 0 Å². The molecule has 0 fully saturated rings. The molecule has 0 radical (unpaired) electrons. The highest BCUT2D eigenvalue weighted by Crippen LogP contribution is 2.15. The van der Waals surface area contributed by atoms with Gasteiger partial charge in [0, 0.05) is 23.2 Å². The molecule has 4 aromatic heterocycles. The molecule has 0 aliphatic carbocycles. The summed E-state index contributed by atoms with van der Waals surface area (Å²) < 4.78 is 0. The van der Waals surface area contributed by atoms with Crippen LogP contribution in [0, 0.1) is 0 Å². The lowest BCUT2D eigenvalue weighted by Crippen LogP contribution is -2.06. The Kier molecular flexibility index (Phi) is 2.20. The summed E-state index contributed by atoms with van der Waals surface area (Å²) >= 11 is 0. The van der Waals surface area contributed by atoms with Gasteiger partial charge in [0.25, 0.3) is 0 Å². The van der Waals surface area contributed by atoms with Crippen LogP contribution in [0.1, 0.15) is 16.2 Å². The summed E-state index contributed by atoms with van der Waals surface area (Å²) in [6.07, 6.45) is 3.60. The summed E-state index contributed by atoms with van der Waals surface area (Å²) in [6, 6.07) is 11.0. The Labute approximate surface area is 113 Å². The summed E-state index contributed by atoms with van der Waals surface area (Å²) in [5.74, 6) is -0.182. The predicted octanol–water partition coefficient (Wildman–Crippen LogP) is 2.67. The van der Waals surface area contributed by atoms with Crippen molar-refractivity contribution in [3.8, 4) is 0 Å². The van der Waals surface area contributed by atoms with Gasteiger partial charge in [0.15, 0.2) is 0 Å². The molecule has 0 unspecified atom stereocenters. The topological polar surface area (TPSA) is 74.4 Å². The number of nitrogens with zero attached hydrogens (tertiary/aromatic N) is 2. The Balaban J connectivity index is 1.81. The zero-order valence-electron chi connectivity index (χ0n) is 10.4. The van der Waals surface area contributed by atoms with E-state index in [0.717, 1.165) is 10.8 Å². The predicted molar refractivity (Wildman–Crippen MR) is 75.6 cm³/mol. The Hall–Kier alpha value is -2.95. The second kappa shape index (κ2) is 4.03. The molecular formula is C15H10N4O. The van der Waals surface area contributed by atoms with Crippen molar-refractivity contribution in [2.75, 3.05) is 0 Å². The molecule has 4 heterocycles. The molecule has 20 heavy (non-hydrogen) atoms. The van der Waals surface area contributed by atoms with Crippen LogP contribution in [0.25, 0.3) is 22.1 Å². The third-order valence-electron chi connectivity index (χ3n) is 3.28. The molecule has 5 nitrogen and oxygen atoms in total. The highest BCUT2D eigenvalue weighted by atomic mass is 16.1. The molecular weight excluding hydrogens is 252 g/mol. The number of aromatic nitrogens is 4. The minimum Gasteiger partial charge on any atom is -0.346 e. The molecule has 96 valence electrons. The minimum atomic E-state index is -0.182. The summed E-state index contributed by atoms with van der Waals surface area (Å²) in [7, 11) is 0. The molecule has 0 aromatic carbocycles. The van der Waals surface area contributed by atoms with Crippen molar-refractivity contribution in [3.63, 3.8) is 0 Å². The monoisotopic (exact) mass is 262 g/mol. The first kappa shape index (κ1) is 10.9. The SMILES string of the molecule is O=C(c1ccc2cc[nH]c2n1)c1ccc2cc[nH]c2n1. The van der Waals surface area contributed by atoms with Gasteiger partial charge in [-0.3, -0.25) is 4.79 Å². The number of H-pyrrole nitrogens is 2. The van der Waals surface area contributed by atoms with Gasteiger partial charge in [0.05, 0.1) is 0 Å². The van der Waals surface area contributed by atoms with E-state index in [1.54, 1.807) is 24.5 Å². The van der Waals surface area contributed by atoms with Gasteiger partial charge in [-0.15, -0.1) is 0 Å². The van der Waals surface area contributed by atoms with Crippen molar-refractivity contribution in [1.29, 1.82) is 0 Å². The Morgan fingerprint density at radius 2 is 1.25 bits per heavy atom. The quantitative estimate of drug-likeness (QED) is 0.545. The van der Waals surface area contributed by atoms with Gasteiger partial charge in [-0.2, -0.15) is 0 Å². The third kappa shape index (κ3) is 1.60. The van der Waals surface area contributed by atoms with Crippen LogP contribution in [0.3, 0.4) is 0 Å². The molecule has 5 heteroatoms. The number of pyridine rings is 2. The fourth-order valence-corrected chi connectivity index (χ4v) is 2.24. The molecule has 4 rings (SSSR count). The summed E-state index contributed by atoms with van der Waals surface area (Å²) in [4.78, 5) is 27.1. The van der Waals surface area contributed by atoms with Gasteiger partial charge in [-0.1, -0.05) is 0 Å². The van der Waals surface area contributed by atoms with Crippen LogP contribution in [0.2, 0.25) is 0 Å². The first-order chi connectivity index (χ1) is 9.81. The standard InChI is InChI=1S/C15H10N4O/c20-13(11-3-1-9-5-7-16-14(9)18-11)12-4-2-10-6-8-17-15(10)19-12/h1-8H,(H,16,18)(H,17,19). The minimum absolute atomic E-state index is 0.182. The number of ketones is 1. The largest absolute Gasteiger partial charge is 0.346 e. The molecule has 0 spiro atoms. The number of hydrogen-bond donors (Lipinski definition) is 2. The number of rotatable bonds is 2. The molecule has 0 aliphatic rings. The van der Waals surface area contributed by atoms with Crippen LogP contribution in [0.4, 0.5) is 0 Å². The Morgan fingerprint density at radius 1 is 0.750 bits per heavy atom. The van der Waals surface area contributed by atoms with E-state index >= 15 is 0 Å². The number of nitrogens with one attached hydrogen (secondary N) is 2. The zero-order chi connectivity index (χ0) is 13.5. The Morgan fingerprint density at radius 3 is 1.75 bits per heavy atom. The first-order valence-electron chi connectivity index (χ1n) is 6.24. The number of carbonyl (C=O) groups excluding carboxylic acids is 1. The van der Waals surface area contributed by atoms with E-state index in [-0.39, 0.29) is 5.78 Å². The van der Waals surface area contributed by atoms with Gasteiger partial charge in [0.2, 0.25) is 5.78 Å². The van der Waals surface area contributed by atoms with Crippen molar-refractivity contribution in [2.24, 2.45) is 0 Å². The second-order valence-electron chi connectivity index (χ2n) is 4.55. The van der Waals surface area contributed by atoms with E-state index in [1.807, 2.05) is 24.3 Å². The molecule has 0 saturated heterocycles. The van der Waals surface area contributed by atoms with Crippen molar-refractivity contribution >= 4 is 27.9 Å². The maximum Gasteiger partial charge on any atom is 0.229 e. The van der Waals surface area contributed by atoms with Gasteiger partial charge in [-0.05, 0) is 36.4 Å². The first-order valence-corrected chi connectivity index (χ1v) is 6.24.